The monoisotopic (exact) mass is 234 g/mol. The third-order valence-electron chi connectivity index (χ3n) is 2.52. The second-order valence-electron chi connectivity index (χ2n) is 3.66. The minimum atomic E-state index is -2.97. The van der Waals surface area contributed by atoms with Gasteiger partial charge in [0.25, 0.3) is 0 Å². The first-order valence-corrected chi connectivity index (χ1v) is 7.10. The minimum absolute atomic E-state index is 0.0308. The highest BCUT2D eigenvalue weighted by Crippen LogP contribution is 2.06. The molecule has 1 aliphatic rings. The highest BCUT2D eigenvalue weighted by atomic mass is 32.2. The second kappa shape index (κ2) is 5.34. The van der Waals surface area contributed by atoms with Crippen LogP contribution in [0.5, 0.6) is 0 Å². The predicted molar refractivity (Wildman–Crippen MR) is 58.5 cm³/mol. The molecule has 0 aromatic heterocycles. The van der Waals surface area contributed by atoms with Gasteiger partial charge in [-0.1, -0.05) is 6.92 Å². The Balaban J connectivity index is 2.22. The summed E-state index contributed by atoms with van der Waals surface area (Å²) in [6.45, 7) is 3.39. The van der Waals surface area contributed by atoms with Gasteiger partial charge in [-0.2, -0.15) is 0 Å². The first-order valence-electron chi connectivity index (χ1n) is 5.28. The van der Waals surface area contributed by atoms with Crippen LogP contribution in [0.3, 0.4) is 0 Å². The lowest BCUT2D eigenvalue weighted by Crippen LogP contribution is -2.40. The number of nitrogens with zero attached hydrogens (tertiary/aromatic N) is 1. The van der Waals surface area contributed by atoms with Gasteiger partial charge in [0.1, 0.15) is 0 Å². The predicted octanol–water partition coefficient (Wildman–Crippen LogP) is 0.226. The standard InChI is InChI=1S/C9H18N2O3S/c1-2-15(13,14)8-5-10-9(12)11-6-3-4-7-11/h2-8H2,1H3,(H,10,12). The molecule has 0 unspecified atom stereocenters. The topological polar surface area (TPSA) is 66.5 Å². The van der Waals surface area contributed by atoms with Crippen molar-refractivity contribution in [3.05, 3.63) is 0 Å². The highest BCUT2D eigenvalue weighted by Gasteiger charge is 2.17. The largest absolute Gasteiger partial charge is 0.337 e. The molecule has 0 bridgehead atoms. The molecule has 15 heavy (non-hydrogen) atoms. The lowest BCUT2D eigenvalue weighted by molar-refractivity contribution is 0.209. The number of rotatable bonds is 4. The fraction of sp³-hybridized carbons (Fsp3) is 0.889. The zero-order valence-corrected chi connectivity index (χ0v) is 9.85. The van der Waals surface area contributed by atoms with Gasteiger partial charge in [0, 0.05) is 25.4 Å². The molecule has 6 heteroatoms. The Bertz CT molecular complexity index is 307. The lowest BCUT2D eigenvalue weighted by atomic mass is 10.4. The maximum Gasteiger partial charge on any atom is 0.317 e. The molecular weight excluding hydrogens is 216 g/mol. The van der Waals surface area contributed by atoms with E-state index in [9.17, 15) is 13.2 Å². The molecule has 88 valence electrons. The van der Waals surface area contributed by atoms with E-state index in [2.05, 4.69) is 5.32 Å². The van der Waals surface area contributed by atoms with Crippen molar-refractivity contribution in [3.63, 3.8) is 0 Å². The summed E-state index contributed by atoms with van der Waals surface area (Å²) in [5.74, 6) is 0.162. The van der Waals surface area contributed by atoms with Crippen LogP contribution in [0.15, 0.2) is 0 Å². The van der Waals surface area contributed by atoms with Crippen molar-refractivity contribution < 1.29 is 13.2 Å². The fourth-order valence-electron chi connectivity index (χ4n) is 1.49. The summed E-state index contributed by atoms with van der Waals surface area (Å²) in [6.07, 6.45) is 2.08. The number of urea groups is 1. The average Bonchev–Trinajstić information content (AvgIpc) is 2.70. The van der Waals surface area contributed by atoms with Crippen LogP contribution >= 0.6 is 0 Å². The molecule has 5 nitrogen and oxygen atoms in total. The Morgan fingerprint density at radius 1 is 1.33 bits per heavy atom. The Hall–Kier alpha value is -0.780. The van der Waals surface area contributed by atoms with Gasteiger partial charge in [-0.25, -0.2) is 13.2 Å². The molecule has 0 radical (unpaired) electrons. The summed E-state index contributed by atoms with van der Waals surface area (Å²) < 4.78 is 22.3. The molecule has 1 aliphatic heterocycles. The average molecular weight is 234 g/mol. The Kier molecular flexibility index (Phi) is 4.38. The van der Waals surface area contributed by atoms with E-state index in [0.29, 0.717) is 0 Å². The van der Waals surface area contributed by atoms with Crippen LogP contribution in [0.25, 0.3) is 0 Å². The van der Waals surface area contributed by atoms with Crippen molar-refractivity contribution in [2.75, 3.05) is 31.1 Å². The number of carbonyl (C=O) groups excluding carboxylic acids is 1. The SMILES string of the molecule is CCS(=O)(=O)CCNC(=O)N1CCCC1. The molecular formula is C9H18N2O3S. The summed E-state index contributed by atoms with van der Waals surface area (Å²) in [6, 6.07) is -0.140. The van der Waals surface area contributed by atoms with Gasteiger partial charge in [-0.05, 0) is 12.8 Å². The molecule has 1 saturated heterocycles. The molecule has 0 atom stereocenters. The Morgan fingerprint density at radius 2 is 1.93 bits per heavy atom. The number of nitrogens with one attached hydrogen (secondary N) is 1. The third-order valence-corrected chi connectivity index (χ3v) is 4.23. The van der Waals surface area contributed by atoms with Crippen LogP contribution < -0.4 is 5.32 Å². The quantitative estimate of drug-likeness (QED) is 0.757. The van der Waals surface area contributed by atoms with E-state index in [0.717, 1.165) is 25.9 Å². The van der Waals surface area contributed by atoms with Crippen LogP contribution in [-0.4, -0.2) is 50.5 Å². The van der Waals surface area contributed by atoms with E-state index in [4.69, 9.17) is 0 Å². The van der Waals surface area contributed by atoms with Crippen molar-refractivity contribution in [3.8, 4) is 0 Å². The number of sulfone groups is 1. The summed E-state index contributed by atoms with van der Waals surface area (Å²) in [4.78, 5) is 13.2. The van der Waals surface area contributed by atoms with E-state index in [-0.39, 0.29) is 24.1 Å². The molecule has 0 aromatic rings. The number of likely N-dealkylation sites (tertiary alicyclic amines) is 1. The van der Waals surface area contributed by atoms with Gasteiger partial charge < -0.3 is 10.2 Å². The maximum absolute atomic E-state index is 11.4. The maximum atomic E-state index is 11.4. The molecule has 1 rings (SSSR count). The molecule has 0 spiro atoms. The first-order chi connectivity index (χ1) is 7.05. The zero-order chi connectivity index (χ0) is 11.3. The number of carbonyl (C=O) groups is 1. The van der Waals surface area contributed by atoms with Gasteiger partial charge in [0.05, 0.1) is 5.75 Å². The molecule has 1 fully saturated rings. The van der Waals surface area contributed by atoms with E-state index in [1.807, 2.05) is 0 Å². The van der Waals surface area contributed by atoms with Crippen LogP contribution in [0.1, 0.15) is 19.8 Å². The lowest BCUT2D eigenvalue weighted by Gasteiger charge is -2.15. The van der Waals surface area contributed by atoms with Gasteiger partial charge in [-0.15, -0.1) is 0 Å². The Morgan fingerprint density at radius 3 is 2.47 bits per heavy atom. The number of amides is 2. The Labute approximate surface area is 90.7 Å². The van der Waals surface area contributed by atoms with Crippen molar-refractivity contribution >= 4 is 15.9 Å². The third kappa shape index (κ3) is 4.07. The van der Waals surface area contributed by atoms with E-state index < -0.39 is 9.84 Å². The van der Waals surface area contributed by atoms with Gasteiger partial charge >= 0.3 is 6.03 Å². The molecule has 0 aliphatic carbocycles. The number of hydrogen-bond donors (Lipinski definition) is 1. The van der Waals surface area contributed by atoms with Crippen LogP contribution in [0.2, 0.25) is 0 Å². The van der Waals surface area contributed by atoms with Crippen molar-refractivity contribution in [2.24, 2.45) is 0 Å². The smallest absolute Gasteiger partial charge is 0.317 e. The van der Waals surface area contributed by atoms with Gasteiger partial charge in [0.2, 0.25) is 0 Å². The van der Waals surface area contributed by atoms with E-state index in [1.54, 1.807) is 11.8 Å². The fourth-order valence-corrected chi connectivity index (χ4v) is 2.19. The zero-order valence-electron chi connectivity index (χ0n) is 9.03. The van der Waals surface area contributed by atoms with Crippen LogP contribution in [0, 0.1) is 0 Å². The highest BCUT2D eigenvalue weighted by molar-refractivity contribution is 7.91. The molecule has 1 heterocycles. The van der Waals surface area contributed by atoms with Gasteiger partial charge in [-0.3, -0.25) is 0 Å². The van der Waals surface area contributed by atoms with Crippen molar-refractivity contribution in [1.29, 1.82) is 0 Å². The summed E-state index contributed by atoms with van der Waals surface area (Å²) in [7, 11) is -2.97. The van der Waals surface area contributed by atoms with Crippen LogP contribution in [-0.2, 0) is 9.84 Å². The molecule has 0 saturated carbocycles. The molecule has 2 amide bonds. The molecule has 0 aromatic carbocycles. The van der Waals surface area contributed by atoms with E-state index in [1.165, 1.54) is 0 Å². The number of hydrogen-bond acceptors (Lipinski definition) is 3. The summed E-state index contributed by atoms with van der Waals surface area (Å²) in [5, 5.41) is 2.62. The van der Waals surface area contributed by atoms with Crippen molar-refractivity contribution in [2.45, 2.75) is 19.8 Å². The molecule has 1 N–H and O–H groups in total. The normalized spacial score (nSPS) is 16.7. The van der Waals surface area contributed by atoms with Crippen molar-refractivity contribution in [1.82, 2.24) is 10.2 Å². The van der Waals surface area contributed by atoms with E-state index >= 15 is 0 Å². The second-order valence-corrected chi connectivity index (χ2v) is 6.14. The minimum Gasteiger partial charge on any atom is -0.337 e. The first kappa shape index (κ1) is 12.3. The van der Waals surface area contributed by atoms with Crippen LogP contribution in [0.4, 0.5) is 4.79 Å². The van der Waals surface area contributed by atoms with Gasteiger partial charge in [0.15, 0.2) is 9.84 Å². The summed E-state index contributed by atoms with van der Waals surface area (Å²) in [5.41, 5.74) is 0. The summed E-state index contributed by atoms with van der Waals surface area (Å²) >= 11 is 0.